The van der Waals surface area contributed by atoms with E-state index in [2.05, 4.69) is 5.32 Å². The van der Waals surface area contributed by atoms with Gasteiger partial charge in [0.05, 0.1) is 6.10 Å². The molecule has 4 rings (SSSR count). The molecule has 2 amide bonds. The van der Waals surface area contributed by atoms with E-state index < -0.39 is 12.1 Å². The lowest BCUT2D eigenvalue weighted by molar-refractivity contribution is -0.125. The van der Waals surface area contributed by atoms with Crippen molar-refractivity contribution in [3.63, 3.8) is 0 Å². The molecule has 0 saturated carbocycles. The third kappa shape index (κ3) is 4.77. The molecule has 1 aliphatic heterocycles. The number of halogens is 1. The number of aromatic hydroxyl groups is 1. The summed E-state index contributed by atoms with van der Waals surface area (Å²) in [6, 6.07) is 20.1. The molecule has 1 aliphatic rings. The molecule has 3 N–H and O–H groups in total. The number of rotatable bonds is 5. The maximum Gasteiger partial charge on any atom is 0.255 e. The summed E-state index contributed by atoms with van der Waals surface area (Å²) in [5, 5.41) is 23.3. The molecule has 0 aliphatic carbocycles. The molecule has 0 spiro atoms. The smallest absolute Gasteiger partial charge is 0.255 e. The molecule has 3 aromatic rings. The van der Waals surface area contributed by atoms with Gasteiger partial charge in [0.15, 0.2) is 0 Å². The van der Waals surface area contributed by atoms with Crippen LogP contribution >= 0.6 is 11.6 Å². The Labute approximate surface area is 191 Å². The Balaban J connectivity index is 1.54. The van der Waals surface area contributed by atoms with Gasteiger partial charge in [-0.3, -0.25) is 9.59 Å². The van der Waals surface area contributed by atoms with Crippen molar-refractivity contribution in [2.45, 2.75) is 25.1 Å². The van der Waals surface area contributed by atoms with E-state index in [9.17, 15) is 19.8 Å². The topological polar surface area (TPSA) is 89.9 Å². The third-order valence-corrected chi connectivity index (χ3v) is 5.81. The van der Waals surface area contributed by atoms with Crippen LogP contribution in [0.15, 0.2) is 72.8 Å². The van der Waals surface area contributed by atoms with Crippen molar-refractivity contribution in [2.75, 3.05) is 6.54 Å². The van der Waals surface area contributed by atoms with E-state index in [0.717, 1.165) is 11.1 Å². The monoisotopic (exact) mass is 450 g/mol. The van der Waals surface area contributed by atoms with Gasteiger partial charge in [-0.2, -0.15) is 0 Å². The maximum absolute atomic E-state index is 13.5. The second-order valence-corrected chi connectivity index (χ2v) is 8.24. The van der Waals surface area contributed by atoms with Gasteiger partial charge in [0.1, 0.15) is 11.8 Å². The van der Waals surface area contributed by atoms with Crippen LogP contribution in [0.2, 0.25) is 5.02 Å². The van der Waals surface area contributed by atoms with Gasteiger partial charge in [0, 0.05) is 30.1 Å². The predicted molar refractivity (Wildman–Crippen MR) is 122 cm³/mol. The van der Waals surface area contributed by atoms with Crippen LogP contribution in [0.3, 0.4) is 0 Å². The summed E-state index contributed by atoms with van der Waals surface area (Å²) in [5.74, 6) is -0.499. The fourth-order valence-corrected chi connectivity index (χ4v) is 4.04. The van der Waals surface area contributed by atoms with E-state index in [1.165, 1.54) is 4.90 Å². The molecule has 2 atom stereocenters. The Hall–Kier alpha value is -3.35. The number of phenols is 1. The van der Waals surface area contributed by atoms with E-state index in [4.69, 9.17) is 11.6 Å². The largest absolute Gasteiger partial charge is 0.508 e. The van der Waals surface area contributed by atoms with Gasteiger partial charge >= 0.3 is 0 Å². The molecule has 0 unspecified atom stereocenters. The fraction of sp³-hybridized carbons (Fsp3) is 0.200. The second kappa shape index (κ2) is 9.42. The lowest BCUT2D eigenvalue weighted by Gasteiger charge is -2.25. The molecule has 1 heterocycles. The van der Waals surface area contributed by atoms with Crippen LogP contribution in [0.1, 0.15) is 22.3 Å². The average Bonchev–Trinajstić information content (AvgIpc) is 3.20. The van der Waals surface area contributed by atoms with Crippen LogP contribution in [0.4, 0.5) is 0 Å². The van der Waals surface area contributed by atoms with E-state index >= 15 is 0 Å². The quantitative estimate of drug-likeness (QED) is 0.554. The van der Waals surface area contributed by atoms with Crippen molar-refractivity contribution < 1.29 is 19.8 Å². The van der Waals surface area contributed by atoms with Gasteiger partial charge < -0.3 is 20.4 Å². The molecule has 164 valence electrons. The molecule has 6 nitrogen and oxygen atoms in total. The molecule has 0 aromatic heterocycles. The first kappa shape index (κ1) is 21.9. The number of hydrogen-bond donors (Lipinski definition) is 3. The summed E-state index contributed by atoms with van der Waals surface area (Å²) >= 11 is 5.90. The molecule has 1 saturated heterocycles. The zero-order valence-electron chi connectivity index (χ0n) is 17.2. The number of carbonyl (C=O) groups is 2. The molecule has 3 aromatic carbocycles. The summed E-state index contributed by atoms with van der Waals surface area (Å²) < 4.78 is 0. The number of carbonyl (C=O) groups excluding carboxylic acids is 2. The van der Waals surface area contributed by atoms with Crippen molar-refractivity contribution in [3.8, 4) is 16.9 Å². The first-order valence-electron chi connectivity index (χ1n) is 10.3. The highest BCUT2D eigenvalue weighted by atomic mass is 35.5. The summed E-state index contributed by atoms with van der Waals surface area (Å²) in [4.78, 5) is 27.8. The summed E-state index contributed by atoms with van der Waals surface area (Å²) in [5.41, 5.74) is 2.79. The van der Waals surface area contributed by atoms with Crippen molar-refractivity contribution in [3.05, 3.63) is 88.9 Å². The zero-order chi connectivity index (χ0) is 22.7. The van der Waals surface area contributed by atoms with Gasteiger partial charge in [0.25, 0.3) is 5.91 Å². The van der Waals surface area contributed by atoms with Crippen molar-refractivity contribution in [2.24, 2.45) is 0 Å². The van der Waals surface area contributed by atoms with Crippen molar-refractivity contribution >= 4 is 23.4 Å². The minimum absolute atomic E-state index is 0.0851. The van der Waals surface area contributed by atoms with Crippen LogP contribution in [0.5, 0.6) is 5.75 Å². The number of nitrogens with zero attached hydrogens (tertiary/aromatic N) is 1. The van der Waals surface area contributed by atoms with Crippen LogP contribution in [0, 0.1) is 0 Å². The molecule has 32 heavy (non-hydrogen) atoms. The lowest BCUT2D eigenvalue weighted by Crippen LogP contribution is -2.45. The van der Waals surface area contributed by atoms with Gasteiger partial charge in [-0.15, -0.1) is 0 Å². The van der Waals surface area contributed by atoms with Gasteiger partial charge in [-0.05, 0) is 47.0 Å². The Kier molecular flexibility index (Phi) is 6.44. The number of benzene rings is 3. The minimum atomic E-state index is -0.772. The highest BCUT2D eigenvalue weighted by molar-refractivity contribution is 6.30. The first-order valence-corrected chi connectivity index (χ1v) is 10.7. The molecular formula is C25H23ClN2O4. The number of likely N-dealkylation sites (tertiary alicyclic amines) is 1. The van der Waals surface area contributed by atoms with E-state index in [-0.39, 0.29) is 30.5 Å². The van der Waals surface area contributed by atoms with Crippen molar-refractivity contribution in [1.29, 1.82) is 0 Å². The Morgan fingerprint density at radius 2 is 1.69 bits per heavy atom. The van der Waals surface area contributed by atoms with Gasteiger partial charge in [-0.1, -0.05) is 54.1 Å². The first-order chi connectivity index (χ1) is 15.4. The molecule has 0 bridgehead atoms. The molecular weight excluding hydrogens is 428 g/mol. The fourth-order valence-electron chi connectivity index (χ4n) is 3.91. The van der Waals surface area contributed by atoms with Crippen LogP contribution in [0.25, 0.3) is 11.1 Å². The van der Waals surface area contributed by atoms with Crippen LogP contribution in [-0.2, 0) is 11.3 Å². The number of aliphatic hydroxyl groups is 1. The van der Waals surface area contributed by atoms with E-state index in [1.54, 1.807) is 48.5 Å². The van der Waals surface area contributed by atoms with Crippen LogP contribution < -0.4 is 5.32 Å². The average molecular weight is 451 g/mol. The van der Waals surface area contributed by atoms with Gasteiger partial charge in [0.2, 0.25) is 5.91 Å². The third-order valence-electron chi connectivity index (χ3n) is 5.56. The normalized spacial score (nSPS) is 17.9. The van der Waals surface area contributed by atoms with Gasteiger partial charge in [-0.25, -0.2) is 0 Å². The standard InChI is InChI=1S/C25H23ClN2O4/c26-18-9-5-16(6-10-18)14-27-24(31)23-13-20(30)15-28(23)25(32)22-4-2-1-3-21(22)17-7-11-19(29)12-8-17/h1-12,20,23,29-30H,13-15H2,(H,27,31)/t20-,23+/m1/s1. The number of hydrogen-bond acceptors (Lipinski definition) is 4. The summed E-state index contributed by atoms with van der Waals surface area (Å²) in [6.45, 7) is 0.385. The maximum atomic E-state index is 13.5. The Morgan fingerprint density at radius 3 is 2.41 bits per heavy atom. The SMILES string of the molecule is O=C(NCc1ccc(Cl)cc1)[C@@H]1C[C@@H](O)CN1C(=O)c1ccccc1-c1ccc(O)cc1. The summed E-state index contributed by atoms with van der Waals surface area (Å²) in [7, 11) is 0. The number of phenolic OH excluding ortho intramolecular Hbond substituents is 1. The van der Waals surface area contributed by atoms with Crippen LogP contribution in [-0.4, -0.2) is 45.6 Å². The van der Waals surface area contributed by atoms with E-state index in [1.807, 2.05) is 24.3 Å². The zero-order valence-corrected chi connectivity index (χ0v) is 18.0. The van der Waals surface area contributed by atoms with Crippen molar-refractivity contribution in [1.82, 2.24) is 10.2 Å². The Bertz CT molecular complexity index is 1120. The number of aliphatic hydroxyl groups excluding tert-OH is 1. The predicted octanol–water partition coefficient (Wildman–Crippen LogP) is 3.60. The second-order valence-electron chi connectivity index (χ2n) is 7.80. The van der Waals surface area contributed by atoms with E-state index in [0.29, 0.717) is 22.7 Å². The highest BCUT2D eigenvalue weighted by Gasteiger charge is 2.39. The molecule has 1 fully saturated rings. The number of amides is 2. The minimum Gasteiger partial charge on any atom is -0.508 e. The lowest BCUT2D eigenvalue weighted by atomic mass is 9.98. The highest BCUT2D eigenvalue weighted by Crippen LogP contribution is 2.29. The summed E-state index contributed by atoms with van der Waals surface area (Å²) in [6.07, 6.45) is -0.592. The Morgan fingerprint density at radius 1 is 1.00 bits per heavy atom. The number of nitrogens with one attached hydrogen (secondary N) is 1. The molecule has 7 heteroatoms. The number of β-amino-alcohol motifs (C(OH)–C–C–N with tert-alkyl or cyclic N) is 1. The molecule has 0 radical (unpaired) electrons.